The van der Waals surface area contributed by atoms with Gasteiger partial charge >= 0.3 is 0 Å². The molecule has 0 aliphatic carbocycles. The zero-order valence-electron chi connectivity index (χ0n) is 14.3. The monoisotopic (exact) mass is 392 g/mol. The Morgan fingerprint density at radius 2 is 2.08 bits per heavy atom. The van der Waals surface area contributed by atoms with Crippen molar-refractivity contribution in [2.24, 2.45) is 5.92 Å². The molecule has 26 heavy (non-hydrogen) atoms. The maximum absolute atomic E-state index is 12.5. The van der Waals surface area contributed by atoms with Gasteiger partial charge in [-0.15, -0.1) is 11.3 Å². The van der Waals surface area contributed by atoms with E-state index in [1.54, 1.807) is 28.4 Å². The van der Waals surface area contributed by atoms with E-state index in [2.05, 4.69) is 5.32 Å². The highest BCUT2D eigenvalue weighted by atomic mass is 35.5. The molecule has 5 nitrogen and oxygen atoms in total. The van der Waals surface area contributed by atoms with E-state index in [4.69, 9.17) is 16.3 Å². The van der Waals surface area contributed by atoms with Crippen LogP contribution in [0.5, 0.6) is 0 Å². The zero-order valence-corrected chi connectivity index (χ0v) is 15.9. The molecule has 1 fully saturated rings. The van der Waals surface area contributed by atoms with Crippen LogP contribution in [0.2, 0.25) is 5.02 Å². The maximum Gasteiger partial charge on any atom is 0.227 e. The number of hydrogen-bond donors (Lipinski definition) is 1. The molecule has 2 aromatic rings. The van der Waals surface area contributed by atoms with Crippen LogP contribution in [0.4, 0.5) is 0 Å². The number of amides is 2. The van der Waals surface area contributed by atoms with Crippen LogP contribution < -0.4 is 5.32 Å². The van der Waals surface area contributed by atoms with Crippen LogP contribution in [0, 0.1) is 5.92 Å². The molecule has 0 spiro atoms. The SMILES string of the molecule is O=C(NCc1ccc(Cl)cc1)C1COCCN(C(=O)Cc2cccs2)C1. The van der Waals surface area contributed by atoms with Crippen LogP contribution in [0.15, 0.2) is 41.8 Å². The molecule has 1 N–H and O–H groups in total. The van der Waals surface area contributed by atoms with E-state index < -0.39 is 0 Å². The van der Waals surface area contributed by atoms with Crippen molar-refractivity contribution in [1.29, 1.82) is 0 Å². The van der Waals surface area contributed by atoms with Crippen molar-refractivity contribution < 1.29 is 14.3 Å². The Morgan fingerprint density at radius 1 is 1.27 bits per heavy atom. The van der Waals surface area contributed by atoms with Gasteiger partial charge in [0, 0.05) is 29.5 Å². The lowest BCUT2D eigenvalue weighted by molar-refractivity contribution is -0.132. The molecule has 7 heteroatoms. The Labute approximate surface area is 161 Å². The first kappa shape index (κ1) is 18.9. The molecule has 2 amide bonds. The molecule has 0 bridgehead atoms. The number of carbonyl (C=O) groups excluding carboxylic acids is 2. The second kappa shape index (κ2) is 9.16. The fourth-order valence-electron chi connectivity index (χ4n) is 2.81. The largest absolute Gasteiger partial charge is 0.379 e. The highest BCUT2D eigenvalue weighted by molar-refractivity contribution is 7.10. The normalized spacial score (nSPS) is 17.6. The molecule has 1 atom stereocenters. The van der Waals surface area contributed by atoms with Gasteiger partial charge in [0.15, 0.2) is 0 Å². The summed E-state index contributed by atoms with van der Waals surface area (Å²) in [4.78, 5) is 27.8. The molecule has 2 heterocycles. The Balaban J connectivity index is 1.55. The number of nitrogens with zero attached hydrogens (tertiary/aromatic N) is 1. The van der Waals surface area contributed by atoms with Crippen LogP contribution in [0.3, 0.4) is 0 Å². The molecule has 1 saturated heterocycles. The second-order valence-electron chi connectivity index (χ2n) is 6.21. The first-order valence-corrected chi connectivity index (χ1v) is 9.77. The van der Waals surface area contributed by atoms with E-state index in [1.165, 1.54) is 0 Å². The van der Waals surface area contributed by atoms with Gasteiger partial charge in [-0.2, -0.15) is 0 Å². The van der Waals surface area contributed by atoms with E-state index >= 15 is 0 Å². The van der Waals surface area contributed by atoms with Crippen LogP contribution in [-0.2, 0) is 27.3 Å². The van der Waals surface area contributed by atoms with Crippen LogP contribution >= 0.6 is 22.9 Å². The summed E-state index contributed by atoms with van der Waals surface area (Å²) in [6.45, 7) is 2.11. The van der Waals surface area contributed by atoms with Gasteiger partial charge in [0.25, 0.3) is 0 Å². The summed E-state index contributed by atoms with van der Waals surface area (Å²) >= 11 is 7.44. The quantitative estimate of drug-likeness (QED) is 0.851. The third-order valence-electron chi connectivity index (χ3n) is 4.27. The minimum atomic E-state index is -0.364. The van der Waals surface area contributed by atoms with Gasteiger partial charge in [0.05, 0.1) is 25.6 Å². The summed E-state index contributed by atoms with van der Waals surface area (Å²) < 4.78 is 5.54. The van der Waals surface area contributed by atoms with E-state index in [-0.39, 0.29) is 17.7 Å². The molecular formula is C19H21ClN2O3S. The first-order chi connectivity index (χ1) is 12.6. The molecule has 1 aromatic heterocycles. The lowest BCUT2D eigenvalue weighted by atomic mass is 10.1. The fourth-order valence-corrected chi connectivity index (χ4v) is 3.63. The van der Waals surface area contributed by atoms with E-state index in [9.17, 15) is 9.59 Å². The number of thiophene rings is 1. The standard InChI is InChI=1S/C19H21ClN2O3S/c20-16-5-3-14(4-6-16)11-21-19(24)15-12-22(7-8-25-13-15)18(23)10-17-2-1-9-26-17/h1-6,9,15H,7-8,10-13H2,(H,21,24). The van der Waals surface area contributed by atoms with Gasteiger partial charge in [-0.1, -0.05) is 29.8 Å². The number of hydrogen-bond acceptors (Lipinski definition) is 4. The Bertz CT molecular complexity index is 734. The van der Waals surface area contributed by atoms with Crippen molar-refractivity contribution in [3.8, 4) is 0 Å². The third-order valence-corrected chi connectivity index (χ3v) is 5.40. The predicted molar refractivity (Wildman–Crippen MR) is 102 cm³/mol. The van der Waals surface area contributed by atoms with Gasteiger partial charge in [-0.25, -0.2) is 0 Å². The highest BCUT2D eigenvalue weighted by Crippen LogP contribution is 2.14. The van der Waals surface area contributed by atoms with E-state index in [0.717, 1.165) is 10.4 Å². The van der Waals surface area contributed by atoms with Gasteiger partial charge < -0.3 is 15.0 Å². The summed E-state index contributed by atoms with van der Waals surface area (Å²) in [5.74, 6) is -0.429. The molecule has 1 aromatic carbocycles. The average Bonchev–Trinajstić information content (AvgIpc) is 3.02. The molecule has 0 radical (unpaired) electrons. The number of nitrogens with one attached hydrogen (secondary N) is 1. The van der Waals surface area contributed by atoms with Gasteiger partial charge in [0.1, 0.15) is 0 Å². The summed E-state index contributed by atoms with van der Waals surface area (Å²) in [7, 11) is 0. The van der Waals surface area contributed by atoms with Gasteiger partial charge in [-0.05, 0) is 29.1 Å². The summed E-state index contributed by atoms with van der Waals surface area (Å²) in [6, 6.07) is 11.2. The second-order valence-corrected chi connectivity index (χ2v) is 7.68. The van der Waals surface area contributed by atoms with Crippen molar-refractivity contribution in [1.82, 2.24) is 10.2 Å². The van der Waals surface area contributed by atoms with Crippen molar-refractivity contribution in [2.75, 3.05) is 26.3 Å². The molecular weight excluding hydrogens is 372 g/mol. The minimum absolute atomic E-state index is 0.0356. The number of rotatable bonds is 5. The smallest absolute Gasteiger partial charge is 0.227 e. The highest BCUT2D eigenvalue weighted by Gasteiger charge is 2.27. The first-order valence-electron chi connectivity index (χ1n) is 8.52. The lowest BCUT2D eigenvalue weighted by Crippen LogP contribution is -2.42. The third kappa shape index (κ3) is 5.30. The Hall–Kier alpha value is -1.89. The zero-order chi connectivity index (χ0) is 18.4. The Kier molecular flexibility index (Phi) is 6.66. The summed E-state index contributed by atoms with van der Waals surface area (Å²) in [5.41, 5.74) is 0.975. The van der Waals surface area contributed by atoms with Crippen LogP contribution in [-0.4, -0.2) is 43.0 Å². The summed E-state index contributed by atoms with van der Waals surface area (Å²) in [6.07, 6.45) is 0.372. The van der Waals surface area contributed by atoms with Gasteiger partial charge in [-0.3, -0.25) is 9.59 Å². The van der Waals surface area contributed by atoms with Crippen molar-refractivity contribution in [3.63, 3.8) is 0 Å². The number of halogens is 1. The molecule has 1 aliphatic heterocycles. The molecule has 0 saturated carbocycles. The minimum Gasteiger partial charge on any atom is -0.379 e. The average molecular weight is 393 g/mol. The van der Waals surface area contributed by atoms with Crippen LogP contribution in [0.1, 0.15) is 10.4 Å². The summed E-state index contributed by atoms with van der Waals surface area (Å²) in [5, 5.41) is 5.55. The van der Waals surface area contributed by atoms with Crippen molar-refractivity contribution >= 4 is 34.8 Å². The molecule has 1 aliphatic rings. The van der Waals surface area contributed by atoms with E-state index in [1.807, 2.05) is 29.6 Å². The molecule has 3 rings (SSSR count). The Morgan fingerprint density at radius 3 is 2.81 bits per heavy atom. The molecule has 1 unspecified atom stereocenters. The topological polar surface area (TPSA) is 58.6 Å². The van der Waals surface area contributed by atoms with Gasteiger partial charge in [0.2, 0.25) is 11.8 Å². The van der Waals surface area contributed by atoms with Crippen molar-refractivity contribution in [3.05, 3.63) is 57.2 Å². The van der Waals surface area contributed by atoms with E-state index in [0.29, 0.717) is 44.3 Å². The van der Waals surface area contributed by atoms with Crippen LogP contribution in [0.25, 0.3) is 0 Å². The number of carbonyl (C=O) groups is 2. The van der Waals surface area contributed by atoms with Crippen molar-refractivity contribution in [2.45, 2.75) is 13.0 Å². The predicted octanol–water partition coefficient (Wildman–Crippen LogP) is 2.74. The lowest BCUT2D eigenvalue weighted by Gasteiger charge is -2.23. The fraction of sp³-hybridized carbons (Fsp3) is 0.368. The molecule has 138 valence electrons. The number of benzene rings is 1. The number of ether oxygens (including phenoxy) is 1. The maximum atomic E-state index is 12.5.